The minimum absolute atomic E-state index is 0.590. The van der Waals surface area contributed by atoms with Crippen LogP contribution in [0, 0.1) is 0 Å². The Bertz CT molecular complexity index is 3290. The number of aromatic nitrogens is 1. The van der Waals surface area contributed by atoms with E-state index in [4.69, 9.17) is 4.99 Å². The molecule has 0 bridgehead atoms. The summed E-state index contributed by atoms with van der Waals surface area (Å²) >= 11 is -1.85. The molecular weight excluding hydrogens is 783 g/mol. The summed E-state index contributed by atoms with van der Waals surface area (Å²) in [5.74, 6) is 0.893. The van der Waals surface area contributed by atoms with Crippen molar-refractivity contribution in [2.75, 3.05) is 0 Å². The molecule has 2 aliphatic heterocycles. The number of rotatable bonds is 5. The summed E-state index contributed by atoms with van der Waals surface area (Å²) in [5, 5.41) is 9.29. The van der Waals surface area contributed by atoms with Crippen molar-refractivity contribution in [3.8, 4) is 5.69 Å². The summed E-state index contributed by atoms with van der Waals surface area (Å²) in [4.78, 5) is 6.04. The molecule has 3 nitrogen and oxygen atoms in total. The van der Waals surface area contributed by atoms with Crippen LogP contribution in [0.5, 0.6) is 0 Å². The number of nitrogens with zero attached hydrogens (tertiary/aromatic N) is 2. The Morgan fingerprint density at radius 1 is 0.534 bits per heavy atom. The van der Waals surface area contributed by atoms with Gasteiger partial charge in [-0.25, -0.2) is 0 Å². The predicted molar refractivity (Wildman–Crippen MR) is 248 cm³/mol. The molecule has 0 fully saturated rings. The van der Waals surface area contributed by atoms with Gasteiger partial charge in [0.15, 0.2) is 0 Å². The number of aliphatic imine (C=N–C) groups is 1. The SMILES string of the molecule is CC1(c2ccccc2)NC(c2ccccc2-n2c3ccccc3c3ccc4c5ccccc5sc4c32)=N[C]2=C1c1cccc[c]1[Ge]2([c]1ccccc1)[c]1ccccc1. The van der Waals surface area contributed by atoms with Gasteiger partial charge in [-0.1, -0.05) is 0 Å². The Morgan fingerprint density at radius 2 is 1.12 bits per heavy atom. The summed E-state index contributed by atoms with van der Waals surface area (Å²) in [5.41, 5.74) is 7.82. The number of para-hydroxylation sites is 2. The second-order valence-corrected chi connectivity index (χ2v) is 24.4. The third-order valence-corrected chi connectivity index (χ3v) is 23.7. The van der Waals surface area contributed by atoms with Crippen LogP contribution in [0.15, 0.2) is 210 Å². The van der Waals surface area contributed by atoms with Gasteiger partial charge in [0.25, 0.3) is 0 Å². The summed E-state index contributed by atoms with van der Waals surface area (Å²) in [7, 11) is 0. The van der Waals surface area contributed by atoms with Crippen molar-refractivity contribution in [1.29, 1.82) is 0 Å². The topological polar surface area (TPSA) is 29.3 Å². The minimum atomic E-state index is -3.74. The van der Waals surface area contributed by atoms with Crippen LogP contribution in [0.1, 0.15) is 23.6 Å². The standard InChI is InChI=1S/C53H37GeN3S/c1-53(35-19-5-2-6-20-35)48-42-27-11-15-29-44(42)54(36-21-7-3-8-22-36,37-23-9-4-10-24-37)51(48)55-52(56-53)43-28-13-17-31-46(43)57-45-30-16-12-25-38(45)40-33-34-41-39-26-14-18-32-47(39)58-50(41)49(40)57/h2-34H,1H3,(H,55,56). The maximum absolute atomic E-state index is 6.04. The zero-order valence-electron chi connectivity index (χ0n) is 31.9. The Labute approximate surface area is 343 Å². The molecule has 0 saturated heterocycles. The molecule has 274 valence electrons. The van der Waals surface area contributed by atoms with Crippen LogP contribution in [-0.2, 0) is 5.54 Å². The van der Waals surface area contributed by atoms with Crippen molar-refractivity contribution in [3.63, 3.8) is 0 Å². The maximum atomic E-state index is 6.04. The number of thiophene rings is 1. The summed E-state index contributed by atoms with van der Waals surface area (Å²) in [6, 6.07) is 74.0. The Morgan fingerprint density at radius 3 is 1.88 bits per heavy atom. The first-order valence-electron chi connectivity index (χ1n) is 20.0. The van der Waals surface area contributed by atoms with E-state index in [1.807, 2.05) is 11.3 Å². The molecule has 0 radical (unpaired) electrons. The van der Waals surface area contributed by atoms with Gasteiger partial charge >= 0.3 is 346 Å². The average molecular weight is 821 g/mol. The molecule has 1 unspecified atom stereocenters. The summed E-state index contributed by atoms with van der Waals surface area (Å²) < 4.78 is 10.6. The molecule has 0 aliphatic carbocycles. The molecule has 12 rings (SSSR count). The zero-order chi connectivity index (χ0) is 38.4. The van der Waals surface area contributed by atoms with Gasteiger partial charge in [-0.15, -0.1) is 0 Å². The van der Waals surface area contributed by atoms with Gasteiger partial charge in [-0.2, -0.15) is 0 Å². The van der Waals surface area contributed by atoms with Crippen LogP contribution in [0.4, 0.5) is 0 Å². The van der Waals surface area contributed by atoms with Crippen LogP contribution in [0.3, 0.4) is 0 Å². The second-order valence-electron chi connectivity index (χ2n) is 15.6. The Hall–Kier alpha value is -6.47. The van der Waals surface area contributed by atoms with Crippen LogP contribution in [-0.4, -0.2) is 23.7 Å². The first-order chi connectivity index (χ1) is 28.7. The second kappa shape index (κ2) is 12.8. The number of hydrogen-bond acceptors (Lipinski definition) is 3. The molecule has 2 aromatic heterocycles. The number of hydrogen-bond donors (Lipinski definition) is 1. The van der Waals surface area contributed by atoms with Gasteiger partial charge in [0, 0.05) is 0 Å². The quantitative estimate of drug-likeness (QED) is 0.172. The van der Waals surface area contributed by atoms with Crippen LogP contribution in [0.25, 0.3) is 53.2 Å². The predicted octanol–water partition coefficient (Wildman–Crippen LogP) is 10.9. The normalized spacial score (nSPS) is 17.1. The molecule has 1 atom stereocenters. The molecule has 1 N–H and O–H groups in total. The van der Waals surface area contributed by atoms with E-state index >= 15 is 0 Å². The fourth-order valence-corrected chi connectivity index (χ4v) is 22.2. The molecule has 58 heavy (non-hydrogen) atoms. The number of nitrogens with one attached hydrogen (secondary N) is 1. The van der Waals surface area contributed by atoms with Gasteiger partial charge in [0.05, 0.1) is 0 Å². The van der Waals surface area contributed by atoms with Crippen molar-refractivity contribution >= 4 is 91.2 Å². The molecule has 5 heteroatoms. The average Bonchev–Trinajstić information content (AvgIpc) is 3.94. The van der Waals surface area contributed by atoms with E-state index in [1.54, 1.807) is 0 Å². The molecule has 4 heterocycles. The monoisotopic (exact) mass is 821 g/mol. The van der Waals surface area contributed by atoms with Gasteiger partial charge < -0.3 is 0 Å². The molecule has 2 aliphatic rings. The van der Waals surface area contributed by atoms with E-state index in [2.05, 4.69) is 217 Å². The molecule has 0 spiro atoms. The van der Waals surface area contributed by atoms with Crippen molar-refractivity contribution in [2.45, 2.75) is 12.5 Å². The first-order valence-corrected chi connectivity index (χ1v) is 25.0. The van der Waals surface area contributed by atoms with Crippen molar-refractivity contribution in [3.05, 3.63) is 221 Å². The van der Waals surface area contributed by atoms with E-state index in [0.717, 1.165) is 17.1 Å². The molecule has 0 amide bonds. The first kappa shape index (κ1) is 33.7. The van der Waals surface area contributed by atoms with Crippen LogP contribution < -0.4 is 18.5 Å². The number of fused-ring (bicyclic) bond motifs is 9. The fraction of sp³-hybridized carbons (Fsp3) is 0.0377. The van der Waals surface area contributed by atoms with E-state index in [-0.39, 0.29) is 0 Å². The van der Waals surface area contributed by atoms with E-state index in [0.29, 0.717) is 0 Å². The molecule has 10 aromatic rings. The van der Waals surface area contributed by atoms with Crippen molar-refractivity contribution < 1.29 is 0 Å². The van der Waals surface area contributed by atoms with Crippen LogP contribution >= 0.6 is 11.3 Å². The summed E-state index contributed by atoms with van der Waals surface area (Å²) in [6.45, 7) is 2.38. The molecule has 0 saturated carbocycles. The molecular formula is C53H37GeN3S. The Balaban J connectivity index is 1.20. The summed E-state index contributed by atoms with van der Waals surface area (Å²) in [6.07, 6.45) is 0. The van der Waals surface area contributed by atoms with Gasteiger partial charge in [0.2, 0.25) is 0 Å². The zero-order valence-corrected chi connectivity index (χ0v) is 34.8. The van der Waals surface area contributed by atoms with Gasteiger partial charge in [0.1, 0.15) is 0 Å². The third-order valence-electron chi connectivity index (χ3n) is 12.6. The van der Waals surface area contributed by atoms with Crippen molar-refractivity contribution in [2.24, 2.45) is 4.99 Å². The van der Waals surface area contributed by atoms with E-state index < -0.39 is 18.8 Å². The van der Waals surface area contributed by atoms with Crippen molar-refractivity contribution in [1.82, 2.24) is 9.88 Å². The number of amidine groups is 1. The van der Waals surface area contributed by atoms with Gasteiger partial charge in [-0.05, 0) is 0 Å². The van der Waals surface area contributed by atoms with Gasteiger partial charge in [-0.3, -0.25) is 0 Å². The fourth-order valence-electron chi connectivity index (χ4n) is 10.1. The molecule has 8 aromatic carbocycles. The Kier molecular flexibility index (Phi) is 7.41. The van der Waals surface area contributed by atoms with E-state index in [1.165, 1.54) is 76.4 Å². The van der Waals surface area contributed by atoms with E-state index in [9.17, 15) is 0 Å². The third kappa shape index (κ3) is 4.58. The number of benzene rings is 8. The van der Waals surface area contributed by atoms with Crippen LogP contribution in [0.2, 0.25) is 0 Å².